The summed E-state index contributed by atoms with van der Waals surface area (Å²) in [5.74, 6) is -1.99. The number of hydrogen-bond acceptors (Lipinski definition) is 4. The largest absolute Gasteiger partial charge is 0.465 e. The third-order valence-corrected chi connectivity index (χ3v) is 5.59. The first kappa shape index (κ1) is 27.2. The van der Waals surface area contributed by atoms with Crippen LogP contribution in [0.3, 0.4) is 0 Å². The first-order valence-corrected chi connectivity index (χ1v) is 12.6. The molecule has 0 aliphatic carbocycles. The predicted molar refractivity (Wildman–Crippen MR) is 127 cm³/mol. The summed E-state index contributed by atoms with van der Waals surface area (Å²) in [5, 5.41) is 0. The summed E-state index contributed by atoms with van der Waals surface area (Å²) < 4.78 is 10.9. The van der Waals surface area contributed by atoms with Crippen molar-refractivity contribution in [2.75, 3.05) is 13.2 Å². The topological polar surface area (TPSA) is 52.6 Å². The van der Waals surface area contributed by atoms with E-state index in [0.29, 0.717) is 18.8 Å². The standard InChI is InChI=1S/C27H44O4/c1-3-5-7-9-11-13-18-22-30-26(28)25(24-20-16-15-17-21-24)27(29)31-23-19-14-12-10-8-6-4-2/h15-17,20-21,25H,3-14,18-19,22-23H2,1-2H3. The van der Waals surface area contributed by atoms with Crippen LogP contribution in [0.15, 0.2) is 30.3 Å². The molecule has 0 aliphatic rings. The second-order valence-corrected chi connectivity index (χ2v) is 8.42. The monoisotopic (exact) mass is 432 g/mol. The Hall–Kier alpha value is -1.84. The van der Waals surface area contributed by atoms with E-state index in [1.165, 1.54) is 64.2 Å². The fraction of sp³-hybridized carbons (Fsp3) is 0.704. The molecule has 0 bridgehead atoms. The first-order valence-electron chi connectivity index (χ1n) is 12.6. The van der Waals surface area contributed by atoms with Crippen LogP contribution >= 0.6 is 0 Å². The maximum atomic E-state index is 12.7. The molecule has 1 aromatic carbocycles. The molecule has 0 aromatic heterocycles. The van der Waals surface area contributed by atoms with Gasteiger partial charge in [0, 0.05) is 0 Å². The summed E-state index contributed by atoms with van der Waals surface area (Å²) >= 11 is 0. The molecule has 31 heavy (non-hydrogen) atoms. The Balaban J connectivity index is 2.37. The molecule has 0 unspecified atom stereocenters. The van der Waals surface area contributed by atoms with Crippen molar-refractivity contribution in [3.63, 3.8) is 0 Å². The van der Waals surface area contributed by atoms with Gasteiger partial charge in [-0.15, -0.1) is 0 Å². The van der Waals surface area contributed by atoms with Crippen molar-refractivity contribution in [1.29, 1.82) is 0 Å². The van der Waals surface area contributed by atoms with Crippen LogP contribution in [-0.4, -0.2) is 25.2 Å². The molecule has 4 nitrogen and oxygen atoms in total. The summed E-state index contributed by atoms with van der Waals surface area (Å²) in [5.41, 5.74) is 0.636. The van der Waals surface area contributed by atoms with Crippen LogP contribution in [0.1, 0.15) is 115 Å². The number of carbonyl (C=O) groups excluding carboxylic acids is 2. The van der Waals surface area contributed by atoms with Crippen molar-refractivity contribution in [2.24, 2.45) is 0 Å². The molecule has 0 spiro atoms. The van der Waals surface area contributed by atoms with Gasteiger partial charge in [0.25, 0.3) is 0 Å². The lowest BCUT2D eigenvalue weighted by atomic mass is 9.99. The van der Waals surface area contributed by atoms with Crippen molar-refractivity contribution in [3.05, 3.63) is 35.9 Å². The van der Waals surface area contributed by atoms with Crippen molar-refractivity contribution in [2.45, 2.75) is 110 Å². The Labute approximate surface area is 190 Å². The zero-order valence-corrected chi connectivity index (χ0v) is 19.9. The molecule has 0 fully saturated rings. The third kappa shape index (κ3) is 13.2. The van der Waals surface area contributed by atoms with E-state index in [1.54, 1.807) is 12.1 Å². The zero-order chi connectivity index (χ0) is 22.6. The molecule has 0 N–H and O–H groups in total. The van der Waals surface area contributed by atoms with Crippen LogP contribution < -0.4 is 0 Å². The molecule has 0 atom stereocenters. The van der Waals surface area contributed by atoms with Crippen LogP contribution in [-0.2, 0) is 19.1 Å². The highest BCUT2D eigenvalue weighted by atomic mass is 16.6. The van der Waals surface area contributed by atoms with Crippen LogP contribution in [0.5, 0.6) is 0 Å². The highest BCUT2D eigenvalue weighted by Crippen LogP contribution is 2.20. The number of esters is 2. The molecule has 0 radical (unpaired) electrons. The van der Waals surface area contributed by atoms with Crippen LogP contribution in [0, 0.1) is 0 Å². The van der Waals surface area contributed by atoms with Gasteiger partial charge >= 0.3 is 11.9 Å². The van der Waals surface area contributed by atoms with Gasteiger partial charge in [-0.3, -0.25) is 9.59 Å². The highest BCUT2D eigenvalue weighted by Gasteiger charge is 2.31. The Morgan fingerprint density at radius 1 is 0.613 bits per heavy atom. The van der Waals surface area contributed by atoms with Crippen LogP contribution in [0.25, 0.3) is 0 Å². The Morgan fingerprint density at radius 3 is 1.42 bits per heavy atom. The minimum Gasteiger partial charge on any atom is -0.465 e. The lowest BCUT2D eigenvalue weighted by molar-refractivity contribution is -0.157. The number of benzene rings is 1. The van der Waals surface area contributed by atoms with E-state index in [9.17, 15) is 9.59 Å². The zero-order valence-electron chi connectivity index (χ0n) is 19.9. The second-order valence-electron chi connectivity index (χ2n) is 8.42. The van der Waals surface area contributed by atoms with E-state index in [1.807, 2.05) is 18.2 Å². The molecule has 1 aromatic rings. The van der Waals surface area contributed by atoms with Gasteiger partial charge in [-0.1, -0.05) is 121 Å². The predicted octanol–water partition coefficient (Wildman–Crippen LogP) is 7.36. The summed E-state index contributed by atoms with van der Waals surface area (Å²) in [4.78, 5) is 25.3. The Kier molecular flexibility index (Phi) is 16.6. The Morgan fingerprint density at radius 2 is 1.00 bits per heavy atom. The fourth-order valence-corrected chi connectivity index (χ4v) is 3.64. The first-order chi connectivity index (χ1) is 15.2. The minimum atomic E-state index is -0.990. The average molecular weight is 433 g/mol. The number of hydrogen-bond donors (Lipinski definition) is 0. The summed E-state index contributed by atoms with van der Waals surface area (Å²) in [6.45, 7) is 5.15. The number of ether oxygens (including phenoxy) is 2. The van der Waals surface area contributed by atoms with Gasteiger partial charge in [-0.25, -0.2) is 0 Å². The number of unbranched alkanes of at least 4 members (excludes halogenated alkanes) is 12. The van der Waals surface area contributed by atoms with Gasteiger partial charge in [-0.2, -0.15) is 0 Å². The van der Waals surface area contributed by atoms with E-state index in [0.717, 1.165) is 25.7 Å². The normalized spacial score (nSPS) is 10.9. The van der Waals surface area contributed by atoms with Crippen LogP contribution in [0.2, 0.25) is 0 Å². The molecule has 1 rings (SSSR count). The average Bonchev–Trinajstić information content (AvgIpc) is 2.78. The van der Waals surface area contributed by atoms with Gasteiger partial charge in [0.2, 0.25) is 0 Å². The molecular weight excluding hydrogens is 388 g/mol. The van der Waals surface area contributed by atoms with Gasteiger partial charge in [-0.05, 0) is 18.4 Å². The lowest BCUT2D eigenvalue weighted by Gasteiger charge is -2.16. The molecular formula is C27H44O4. The SMILES string of the molecule is CCCCCCCCCOC(=O)C(C(=O)OCCCCCCCCC)c1ccccc1. The summed E-state index contributed by atoms with van der Waals surface area (Å²) in [6, 6.07) is 9.10. The smallest absolute Gasteiger partial charge is 0.324 e. The van der Waals surface area contributed by atoms with E-state index in [-0.39, 0.29) is 0 Å². The van der Waals surface area contributed by atoms with Crippen molar-refractivity contribution in [1.82, 2.24) is 0 Å². The maximum Gasteiger partial charge on any atom is 0.324 e. The van der Waals surface area contributed by atoms with E-state index in [2.05, 4.69) is 13.8 Å². The Bertz CT molecular complexity index is 538. The van der Waals surface area contributed by atoms with Gasteiger partial charge < -0.3 is 9.47 Å². The number of rotatable bonds is 19. The molecule has 0 amide bonds. The van der Waals surface area contributed by atoms with E-state index >= 15 is 0 Å². The maximum absolute atomic E-state index is 12.7. The highest BCUT2D eigenvalue weighted by molar-refractivity contribution is 6.00. The lowest BCUT2D eigenvalue weighted by Crippen LogP contribution is -2.26. The second kappa shape index (κ2) is 18.9. The molecule has 0 heterocycles. The van der Waals surface area contributed by atoms with Gasteiger partial charge in [0.15, 0.2) is 5.92 Å². The van der Waals surface area contributed by atoms with Crippen molar-refractivity contribution in [3.8, 4) is 0 Å². The van der Waals surface area contributed by atoms with Crippen molar-refractivity contribution < 1.29 is 19.1 Å². The molecule has 4 heteroatoms. The summed E-state index contributed by atoms with van der Waals surface area (Å²) in [7, 11) is 0. The van der Waals surface area contributed by atoms with Crippen LogP contribution in [0.4, 0.5) is 0 Å². The van der Waals surface area contributed by atoms with E-state index in [4.69, 9.17) is 9.47 Å². The van der Waals surface area contributed by atoms with Gasteiger partial charge in [0.05, 0.1) is 13.2 Å². The molecule has 0 aliphatic heterocycles. The minimum absolute atomic E-state index is 0.362. The third-order valence-electron chi connectivity index (χ3n) is 5.59. The molecule has 176 valence electrons. The number of carbonyl (C=O) groups is 2. The quantitative estimate of drug-likeness (QED) is 0.130. The van der Waals surface area contributed by atoms with Crippen molar-refractivity contribution >= 4 is 11.9 Å². The summed E-state index contributed by atoms with van der Waals surface area (Å²) in [6.07, 6.45) is 16.2. The fourth-order valence-electron chi connectivity index (χ4n) is 3.64. The molecule has 0 saturated carbocycles. The van der Waals surface area contributed by atoms with E-state index < -0.39 is 17.9 Å². The molecule has 0 saturated heterocycles. The van der Waals surface area contributed by atoms with Gasteiger partial charge in [0.1, 0.15) is 0 Å².